The molecule has 0 saturated heterocycles. The summed E-state index contributed by atoms with van der Waals surface area (Å²) in [7, 11) is 8.50. The number of hydrogen-bond acceptors (Lipinski definition) is 1. The Morgan fingerprint density at radius 2 is 1.36 bits per heavy atom. The molecule has 11 heavy (non-hydrogen) atoms. The Hall–Kier alpha value is 0.01000. The Labute approximate surface area is 77.1 Å². The van der Waals surface area contributed by atoms with Crippen LogP contribution in [0.25, 0.3) is 0 Å². The molecule has 0 fully saturated rings. The van der Waals surface area contributed by atoms with Crippen molar-refractivity contribution in [1.82, 2.24) is 0 Å². The molecule has 0 amide bonds. The van der Waals surface area contributed by atoms with Gasteiger partial charge in [0, 0.05) is 0 Å². The van der Waals surface area contributed by atoms with Gasteiger partial charge in [0.05, 0.1) is 28.2 Å². The minimum atomic E-state index is -1.29. The lowest BCUT2D eigenvalue weighted by molar-refractivity contribution is -0.849. The number of carboxylic acid groups (broad SMARTS) is 1. The van der Waals surface area contributed by atoms with Gasteiger partial charge in [-0.15, -0.1) is 0 Å². The van der Waals surface area contributed by atoms with Crippen molar-refractivity contribution in [3.05, 3.63) is 0 Å². The number of alkyl halides is 2. The summed E-state index contributed by atoms with van der Waals surface area (Å²) in [6.07, 6.45) is 0. The van der Waals surface area contributed by atoms with Crippen molar-refractivity contribution >= 4 is 29.2 Å². The van der Waals surface area contributed by atoms with Gasteiger partial charge >= 0.3 is 5.97 Å². The van der Waals surface area contributed by atoms with Crippen molar-refractivity contribution in [2.45, 2.75) is 4.84 Å². The van der Waals surface area contributed by atoms with Crippen LogP contribution in [-0.4, -0.2) is 48.6 Å². The van der Waals surface area contributed by atoms with Crippen LogP contribution in [0.15, 0.2) is 0 Å². The standard InChI is InChI=1S/C4H12N.C2H2Cl2O2/c1-5(2,3)4;3-1(4)2(5)6/h1-4H3;1H,(H,5,6)/q+1;. The maximum Gasteiger partial charge on any atom is 0.337 e. The highest BCUT2D eigenvalue weighted by Crippen LogP contribution is 1.98. The smallest absolute Gasteiger partial charge is 0.337 e. The molecule has 0 radical (unpaired) electrons. The highest BCUT2D eigenvalue weighted by atomic mass is 35.5. The number of carbonyl (C=O) groups is 1. The molecule has 0 aromatic rings. The Bertz CT molecular complexity index is 114. The first-order chi connectivity index (χ1) is 4.64. The van der Waals surface area contributed by atoms with Crippen molar-refractivity contribution in [3.8, 4) is 0 Å². The van der Waals surface area contributed by atoms with E-state index in [9.17, 15) is 4.79 Å². The summed E-state index contributed by atoms with van der Waals surface area (Å²) in [5.74, 6) is -1.21. The van der Waals surface area contributed by atoms with E-state index in [0.717, 1.165) is 4.48 Å². The number of quaternary nitrogens is 1. The Morgan fingerprint density at radius 3 is 1.36 bits per heavy atom. The van der Waals surface area contributed by atoms with Gasteiger partial charge in [-0.25, -0.2) is 4.79 Å². The first-order valence-corrected chi connectivity index (χ1v) is 3.81. The Kier molecular flexibility index (Phi) is 6.96. The molecule has 1 N–H and O–H groups in total. The zero-order valence-electron chi connectivity index (χ0n) is 7.14. The van der Waals surface area contributed by atoms with Crippen LogP contribution in [0, 0.1) is 0 Å². The molecule has 0 aliphatic rings. The van der Waals surface area contributed by atoms with Gasteiger partial charge in [0.15, 0.2) is 0 Å². The molecule has 0 bridgehead atoms. The van der Waals surface area contributed by atoms with Crippen molar-refractivity contribution < 1.29 is 14.4 Å². The van der Waals surface area contributed by atoms with Crippen LogP contribution in [-0.2, 0) is 4.79 Å². The SMILES string of the molecule is C[N+](C)(C)C.O=C(O)C(Cl)Cl. The minimum absolute atomic E-state index is 1.00. The summed E-state index contributed by atoms with van der Waals surface area (Å²) >= 11 is 9.56. The van der Waals surface area contributed by atoms with Crippen LogP contribution in [0.3, 0.4) is 0 Å². The fourth-order valence-corrected chi connectivity index (χ4v) is 0. The third-order valence-electron chi connectivity index (χ3n) is 0.187. The summed E-state index contributed by atoms with van der Waals surface area (Å²) in [4.78, 5) is 8.15. The zero-order valence-corrected chi connectivity index (χ0v) is 8.65. The van der Waals surface area contributed by atoms with Crippen LogP contribution in [0.1, 0.15) is 0 Å². The van der Waals surface area contributed by atoms with Crippen LogP contribution in [0.4, 0.5) is 0 Å². The molecule has 0 aliphatic heterocycles. The second kappa shape index (κ2) is 5.63. The molecule has 0 aliphatic carbocycles. The van der Waals surface area contributed by atoms with E-state index < -0.39 is 10.8 Å². The van der Waals surface area contributed by atoms with E-state index in [1.54, 1.807) is 0 Å². The third-order valence-corrected chi connectivity index (χ3v) is 0.560. The molecule has 0 unspecified atom stereocenters. The van der Waals surface area contributed by atoms with E-state index in [4.69, 9.17) is 28.3 Å². The quantitative estimate of drug-likeness (QED) is 0.513. The second-order valence-electron chi connectivity index (χ2n) is 3.32. The average Bonchev–Trinajstić information content (AvgIpc) is 1.59. The van der Waals surface area contributed by atoms with E-state index in [1.807, 2.05) is 0 Å². The number of carboxylic acids is 1. The number of nitrogens with zero attached hydrogens (tertiary/aromatic N) is 1. The monoisotopic (exact) mass is 202 g/mol. The van der Waals surface area contributed by atoms with Gasteiger partial charge in [0.1, 0.15) is 0 Å². The molecular formula is C6H14Cl2NO2+. The topological polar surface area (TPSA) is 37.3 Å². The Morgan fingerprint density at radius 1 is 1.27 bits per heavy atom. The lowest BCUT2D eigenvalue weighted by Gasteiger charge is -2.14. The maximum atomic E-state index is 9.44. The van der Waals surface area contributed by atoms with Crippen molar-refractivity contribution in [2.24, 2.45) is 0 Å². The van der Waals surface area contributed by atoms with Gasteiger partial charge in [-0.1, -0.05) is 23.2 Å². The summed E-state index contributed by atoms with van der Waals surface area (Å²) in [6, 6.07) is 0. The van der Waals surface area contributed by atoms with Crippen molar-refractivity contribution in [1.29, 1.82) is 0 Å². The van der Waals surface area contributed by atoms with E-state index in [-0.39, 0.29) is 0 Å². The Balaban J connectivity index is 0. The molecule has 0 aromatic heterocycles. The predicted molar refractivity (Wildman–Crippen MR) is 47.1 cm³/mol. The van der Waals surface area contributed by atoms with Gasteiger partial charge in [0.25, 0.3) is 0 Å². The lowest BCUT2D eigenvalue weighted by atomic mass is 10.8. The highest BCUT2D eigenvalue weighted by Gasteiger charge is 2.05. The summed E-state index contributed by atoms with van der Waals surface area (Å²) in [6.45, 7) is 0. The first-order valence-electron chi connectivity index (χ1n) is 2.94. The molecule has 68 valence electrons. The fraction of sp³-hybridized carbons (Fsp3) is 0.833. The van der Waals surface area contributed by atoms with E-state index in [0.29, 0.717) is 0 Å². The summed E-state index contributed by atoms with van der Waals surface area (Å²) < 4.78 is 1.00. The van der Waals surface area contributed by atoms with Gasteiger partial charge < -0.3 is 9.59 Å². The van der Waals surface area contributed by atoms with Gasteiger partial charge in [-0.3, -0.25) is 0 Å². The fourth-order valence-electron chi connectivity index (χ4n) is 0. The minimum Gasteiger partial charge on any atom is -0.479 e. The summed E-state index contributed by atoms with van der Waals surface area (Å²) in [5, 5.41) is 7.73. The van der Waals surface area contributed by atoms with Gasteiger partial charge in [-0.05, 0) is 0 Å². The molecule has 0 aromatic carbocycles. The number of hydrogen-bond donors (Lipinski definition) is 1. The van der Waals surface area contributed by atoms with Crippen molar-refractivity contribution in [3.63, 3.8) is 0 Å². The maximum absolute atomic E-state index is 9.44. The van der Waals surface area contributed by atoms with E-state index in [2.05, 4.69) is 28.2 Å². The van der Waals surface area contributed by atoms with Crippen LogP contribution in [0.2, 0.25) is 0 Å². The molecule has 0 spiro atoms. The van der Waals surface area contributed by atoms with Crippen LogP contribution in [0.5, 0.6) is 0 Å². The number of halogens is 2. The molecule has 0 rings (SSSR count). The largest absolute Gasteiger partial charge is 0.479 e. The van der Waals surface area contributed by atoms with Crippen LogP contribution >= 0.6 is 23.2 Å². The first kappa shape index (κ1) is 13.6. The molecule has 3 nitrogen and oxygen atoms in total. The average molecular weight is 203 g/mol. The lowest BCUT2D eigenvalue weighted by Crippen LogP contribution is -2.27. The molecule has 5 heteroatoms. The normalized spacial score (nSPS) is 10.5. The van der Waals surface area contributed by atoms with E-state index in [1.165, 1.54) is 0 Å². The summed E-state index contributed by atoms with van der Waals surface area (Å²) in [5.41, 5.74) is 0. The number of rotatable bonds is 1. The molecule has 0 heterocycles. The second-order valence-corrected chi connectivity index (χ2v) is 4.42. The third kappa shape index (κ3) is 39.9. The molecule has 0 atom stereocenters. The van der Waals surface area contributed by atoms with Gasteiger partial charge in [-0.2, -0.15) is 0 Å². The zero-order chi connectivity index (χ0) is 9.65. The highest BCUT2D eigenvalue weighted by molar-refractivity contribution is 6.52. The van der Waals surface area contributed by atoms with E-state index >= 15 is 0 Å². The number of aliphatic carboxylic acids is 1. The van der Waals surface area contributed by atoms with Crippen LogP contribution < -0.4 is 0 Å². The predicted octanol–water partition coefficient (Wildman–Crippen LogP) is 1.20. The van der Waals surface area contributed by atoms with Gasteiger partial charge in [0.2, 0.25) is 4.84 Å². The molecule has 0 saturated carbocycles. The van der Waals surface area contributed by atoms with Crippen molar-refractivity contribution in [2.75, 3.05) is 28.2 Å². The molecular weight excluding hydrogens is 189 g/mol.